The molecule has 2 saturated heterocycles. The largest absolute Gasteiger partial charge is 0.480 e. The molecule has 0 radical (unpaired) electrons. The van der Waals surface area contributed by atoms with Gasteiger partial charge in [-0.15, -0.1) is 0 Å². The number of fused-ring (bicyclic) bond motifs is 1. The molecule has 27 heavy (non-hydrogen) atoms. The number of nitrogens with zero attached hydrogens (tertiary/aromatic N) is 3. The predicted octanol–water partition coefficient (Wildman–Crippen LogP) is 1.53. The molecule has 2 N–H and O–H groups in total. The van der Waals surface area contributed by atoms with Gasteiger partial charge in [0.15, 0.2) is 0 Å². The molecule has 0 aliphatic carbocycles. The molecule has 7 heteroatoms. The number of hydrogen-bond acceptors (Lipinski definition) is 4. The van der Waals surface area contributed by atoms with E-state index in [1.165, 1.54) is 0 Å². The number of aliphatic carboxylic acids is 1. The summed E-state index contributed by atoms with van der Waals surface area (Å²) in [6.07, 6.45) is 4.02. The molecule has 0 spiro atoms. The Labute approximate surface area is 158 Å². The fraction of sp³-hybridized carbons (Fsp3) is 0.500. The third-order valence-electron chi connectivity index (χ3n) is 5.74. The second kappa shape index (κ2) is 7.70. The van der Waals surface area contributed by atoms with Crippen LogP contribution >= 0.6 is 0 Å². The molecular weight excluding hydrogens is 344 g/mol. The van der Waals surface area contributed by atoms with Gasteiger partial charge in [-0.3, -0.25) is 19.4 Å². The Bertz CT molecular complexity index is 819. The van der Waals surface area contributed by atoms with Gasteiger partial charge in [0.05, 0.1) is 6.54 Å². The van der Waals surface area contributed by atoms with E-state index >= 15 is 0 Å². The number of nitrogens with one attached hydrogen (secondary N) is 1. The minimum atomic E-state index is -0.832. The summed E-state index contributed by atoms with van der Waals surface area (Å²) in [6, 6.07) is 7.12. The van der Waals surface area contributed by atoms with E-state index in [4.69, 9.17) is 0 Å². The molecule has 1 aromatic heterocycles. The Hall–Kier alpha value is -2.38. The molecule has 2 aliphatic heterocycles. The van der Waals surface area contributed by atoms with E-state index < -0.39 is 12.0 Å². The third kappa shape index (κ3) is 3.70. The number of likely N-dealkylation sites (tertiary alicyclic amines) is 1. The molecule has 1 atom stereocenters. The molecule has 144 valence electrons. The van der Waals surface area contributed by atoms with Crippen LogP contribution in [0.5, 0.6) is 0 Å². The number of aromatic nitrogens is 1. The minimum Gasteiger partial charge on any atom is -0.480 e. The molecule has 2 aromatic rings. The van der Waals surface area contributed by atoms with Crippen LogP contribution < -0.4 is 0 Å². The summed E-state index contributed by atoms with van der Waals surface area (Å²) in [5.41, 5.74) is 1.76. The van der Waals surface area contributed by atoms with Crippen molar-refractivity contribution >= 4 is 22.8 Å². The van der Waals surface area contributed by atoms with Crippen molar-refractivity contribution < 1.29 is 14.7 Å². The van der Waals surface area contributed by atoms with Crippen LogP contribution in [-0.4, -0.2) is 82.5 Å². The van der Waals surface area contributed by atoms with Crippen LogP contribution in [0.25, 0.3) is 10.9 Å². The summed E-state index contributed by atoms with van der Waals surface area (Å²) in [7, 11) is 0. The standard InChI is InChI=1S/C20H26N4O3/c25-18(23-7-3-4-8-23)14-22-9-11-24(12-10-22)19(20(26)27)16-13-21-17-6-2-1-5-15(16)17/h1-2,5-6,13,19,21H,3-4,7-12,14H2,(H,26,27)/t19-/m1/s1. The van der Waals surface area contributed by atoms with E-state index in [1.54, 1.807) is 0 Å². The number of amides is 1. The van der Waals surface area contributed by atoms with E-state index in [2.05, 4.69) is 9.88 Å². The second-order valence-electron chi connectivity index (χ2n) is 7.43. The molecule has 3 heterocycles. The van der Waals surface area contributed by atoms with Gasteiger partial charge in [0.25, 0.3) is 0 Å². The van der Waals surface area contributed by atoms with E-state index in [1.807, 2.05) is 40.3 Å². The Morgan fingerprint density at radius 1 is 1.04 bits per heavy atom. The number of piperazine rings is 1. The highest BCUT2D eigenvalue weighted by Gasteiger charge is 2.32. The lowest BCUT2D eigenvalue weighted by Crippen LogP contribution is -2.51. The number of carboxylic acid groups (broad SMARTS) is 1. The van der Waals surface area contributed by atoms with Gasteiger partial charge in [0.2, 0.25) is 5.91 Å². The highest BCUT2D eigenvalue weighted by molar-refractivity contribution is 5.89. The van der Waals surface area contributed by atoms with E-state index in [0.29, 0.717) is 32.7 Å². The fourth-order valence-electron chi connectivity index (χ4n) is 4.24. The first-order valence-electron chi connectivity index (χ1n) is 9.66. The number of H-pyrrole nitrogens is 1. The molecule has 1 aromatic carbocycles. The predicted molar refractivity (Wildman–Crippen MR) is 103 cm³/mol. The van der Waals surface area contributed by atoms with Gasteiger partial charge in [-0.25, -0.2) is 0 Å². The Morgan fingerprint density at radius 3 is 2.44 bits per heavy atom. The molecule has 1 amide bonds. The van der Waals surface area contributed by atoms with Crippen molar-refractivity contribution in [3.8, 4) is 0 Å². The molecule has 2 fully saturated rings. The van der Waals surface area contributed by atoms with Crippen LogP contribution in [0.2, 0.25) is 0 Å². The van der Waals surface area contributed by atoms with E-state index in [-0.39, 0.29) is 5.91 Å². The van der Waals surface area contributed by atoms with Gasteiger partial charge >= 0.3 is 5.97 Å². The molecule has 0 unspecified atom stereocenters. The van der Waals surface area contributed by atoms with E-state index in [0.717, 1.165) is 42.4 Å². The average Bonchev–Trinajstić information content (AvgIpc) is 3.34. The number of carboxylic acids is 1. The first-order chi connectivity index (χ1) is 13.1. The number of hydrogen-bond donors (Lipinski definition) is 2. The van der Waals surface area contributed by atoms with Crippen molar-refractivity contribution in [2.24, 2.45) is 0 Å². The number of para-hydroxylation sites is 1. The van der Waals surface area contributed by atoms with Crippen molar-refractivity contribution in [1.82, 2.24) is 19.7 Å². The topological polar surface area (TPSA) is 79.9 Å². The fourth-order valence-corrected chi connectivity index (χ4v) is 4.24. The van der Waals surface area contributed by atoms with Crippen LogP contribution in [-0.2, 0) is 9.59 Å². The number of aromatic amines is 1. The highest BCUT2D eigenvalue weighted by atomic mass is 16.4. The summed E-state index contributed by atoms with van der Waals surface area (Å²) >= 11 is 0. The molecular formula is C20H26N4O3. The van der Waals surface area contributed by atoms with Crippen molar-refractivity contribution in [3.63, 3.8) is 0 Å². The molecule has 4 rings (SSSR count). The SMILES string of the molecule is O=C(O)[C@@H](c1c[nH]c2ccccc12)N1CCN(CC(=O)N2CCCC2)CC1. The van der Waals surface area contributed by atoms with Gasteiger partial charge in [-0.05, 0) is 18.9 Å². The Balaban J connectivity index is 1.42. The number of carbonyl (C=O) groups excluding carboxylic acids is 1. The zero-order chi connectivity index (χ0) is 18.8. The molecule has 2 aliphatic rings. The lowest BCUT2D eigenvalue weighted by atomic mass is 10.0. The van der Waals surface area contributed by atoms with Gasteiger partial charge < -0.3 is 15.0 Å². The summed E-state index contributed by atoms with van der Waals surface area (Å²) in [5.74, 6) is -0.631. The third-order valence-corrected chi connectivity index (χ3v) is 5.74. The second-order valence-corrected chi connectivity index (χ2v) is 7.43. The lowest BCUT2D eigenvalue weighted by Gasteiger charge is -2.37. The smallest absolute Gasteiger partial charge is 0.325 e. The Morgan fingerprint density at radius 2 is 1.74 bits per heavy atom. The van der Waals surface area contributed by atoms with Crippen LogP contribution in [0.15, 0.2) is 30.5 Å². The summed E-state index contributed by atoms with van der Waals surface area (Å²) in [4.78, 5) is 33.7. The van der Waals surface area contributed by atoms with Crippen LogP contribution in [0.1, 0.15) is 24.4 Å². The highest BCUT2D eigenvalue weighted by Crippen LogP contribution is 2.29. The number of benzene rings is 1. The quantitative estimate of drug-likeness (QED) is 0.835. The normalized spacial score (nSPS) is 20.2. The average molecular weight is 370 g/mol. The molecule has 0 bridgehead atoms. The summed E-state index contributed by atoms with van der Waals surface area (Å²) in [5, 5.41) is 10.8. The monoisotopic (exact) mass is 370 g/mol. The summed E-state index contributed by atoms with van der Waals surface area (Å²) < 4.78 is 0. The van der Waals surface area contributed by atoms with Gasteiger partial charge in [-0.2, -0.15) is 0 Å². The van der Waals surface area contributed by atoms with Crippen molar-refractivity contribution in [2.75, 3.05) is 45.8 Å². The first-order valence-corrected chi connectivity index (χ1v) is 9.66. The van der Waals surface area contributed by atoms with Crippen LogP contribution in [0.3, 0.4) is 0 Å². The zero-order valence-corrected chi connectivity index (χ0v) is 15.4. The summed E-state index contributed by atoms with van der Waals surface area (Å²) in [6.45, 7) is 4.91. The maximum atomic E-state index is 12.3. The van der Waals surface area contributed by atoms with Crippen LogP contribution in [0.4, 0.5) is 0 Å². The Kier molecular flexibility index (Phi) is 5.13. The lowest BCUT2D eigenvalue weighted by molar-refractivity contribution is -0.145. The zero-order valence-electron chi connectivity index (χ0n) is 15.4. The minimum absolute atomic E-state index is 0.201. The molecule has 7 nitrogen and oxygen atoms in total. The number of carbonyl (C=O) groups is 2. The van der Waals surface area contributed by atoms with Crippen molar-refractivity contribution in [3.05, 3.63) is 36.0 Å². The molecule has 0 saturated carbocycles. The van der Waals surface area contributed by atoms with Crippen LogP contribution in [0, 0.1) is 0 Å². The first kappa shape index (κ1) is 18.0. The maximum absolute atomic E-state index is 12.3. The van der Waals surface area contributed by atoms with Gasteiger partial charge in [-0.1, -0.05) is 18.2 Å². The van der Waals surface area contributed by atoms with Crippen molar-refractivity contribution in [2.45, 2.75) is 18.9 Å². The van der Waals surface area contributed by atoms with Crippen molar-refractivity contribution in [1.29, 1.82) is 0 Å². The maximum Gasteiger partial charge on any atom is 0.325 e. The van der Waals surface area contributed by atoms with E-state index in [9.17, 15) is 14.7 Å². The number of rotatable bonds is 5. The van der Waals surface area contributed by atoms with Gasteiger partial charge in [0.1, 0.15) is 6.04 Å². The van der Waals surface area contributed by atoms with Gasteiger partial charge in [0, 0.05) is 61.9 Å².